The molecule has 0 bridgehead atoms. The smallest absolute Gasteiger partial charge is 0.146 e. The highest BCUT2D eigenvalue weighted by atomic mass is 16.5. The summed E-state index contributed by atoms with van der Waals surface area (Å²) in [6.07, 6.45) is 2.64. The Morgan fingerprint density at radius 3 is 2.71 bits per heavy atom. The third kappa shape index (κ3) is 2.82. The van der Waals surface area contributed by atoms with Crippen LogP contribution in [0.3, 0.4) is 0 Å². The molecule has 0 unspecified atom stereocenters. The minimum Gasteiger partial charge on any atom is -0.497 e. The normalized spacial score (nSPS) is 10.5. The molecule has 0 saturated heterocycles. The lowest BCUT2D eigenvalue weighted by Gasteiger charge is -2.06. The van der Waals surface area contributed by atoms with Crippen LogP contribution in [-0.4, -0.2) is 21.9 Å². The molecule has 0 aliphatic carbocycles. The summed E-state index contributed by atoms with van der Waals surface area (Å²) in [5, 5.41) is 7.79. The Bertz CT molecular complexity index is 464. The molecular weight excluding hydrogens is 216 g/mol. The molecule has 2 N–H and O–H groups in total. The first-order chi connectivity index (χ1) is 8.33. The van der Waals surface area contributed by atoms with E-state index in [1.54, 1.807) is 13.4 Å². The second kappa shape index (κ2) is 5.45. The maximum absolute atomic E-state index is 5.56. The second-order valence-corrected chi connectivity index (χ2v) is 3.74. The largest absolute Gasteiger partial charge is 0.497 e. The van der Waals surface area contributed by atoms with E-state index in [1.165, 1.54) is 5.56 Å². The van der Waals surface area contributed by atoms with E-state index >= 15 is 0 Å². The molecule has 0 amide bonds. The maximum Gasteiger partial charge on any atom is 0.146 e. The number of benzene rings is 1. The summed E-state index contributed by atoms with van der Waals surface area (Å²) in [6, 6.07) is 8.05. The molecule has 0 aliphatic rings. The molecule has 2 aromatic rings. The van der Waals surface area contributed by atoms with Crippen molar-refractivity contribution in [3.05, 3.63) is 42.0 Å². The van der Waals surface area contributed by atoms with Gasteiger partial charge in [-0.25, -0.2) is 0 Å². The van der Waals surface area contributed by atoms with Crippen molar-refractivity contribution in [3.63, 3.8) is 0 Å². The topological polar surface area (TPSA) is 66.0 Å². The lowest BCUT2D eigenvalue weighted by Crippen LogP contribution is -2.09. The van der Waals surface area contributed by atoms with Gasteiger partial charge >= 0.3 is 0 Å². The van der Waals surface area contributed by atoms with Crippen molar-refractivity contribution in [1.82, 2.24) is 14.8 Å². The van der Waals surface area contributed by atoms with Crippen LogP contribution in [0, 0.1) is 0 Å². The molecule has 0 fully saturated rings. The Hall–Kier alpha value is -1.88. The summed E-state index contributed by atoms with van der Waals surface area (Å²) < 4.78 is 7.09. The van der Waals surface area contributed by atoms with Crippen LogP contribution in [-0.2, 0) is 19.5 Å². The number of aromatic nitrogens is 3. The van der Waals surface area contributed by atoms with E-state index in [-0.39, 0.29) is 0 Å². The van der Waals surface area contributed by atoms with Crippen LogP contribution in [0.1, 0.15) is 11.4 Å². The molecule has 1 aromatic carbocycles. The van der Waals surface area contributed by atoms with Crippen LogP contribution in [0.5, 0.6) is 5.75 Å². The summed E-state index contributed by atoms with van der Waals surface area (Å²) in [7, 11) is 1.67. The Morgan fingerprint density at radius 2 is 2.06 bits per heavy atom. The van der Waals surface area contributed by atoms with Gasteiger partial charge in [-0.15, -0.1) is 10.2 Å². The van der Waals surface area contributed by atoms with Gasteiger partial charge in [0, 0.05) is 6.54 Å². The number of rotatable bonds is 5. The van der Waals surface area contributed by atoms with Crippen LogP contribution < -0.4 is 10.5 Å². The van der Waals surface area contributed by atoms with Crippen molar-refractivity contribution in [2.24, 2.45) is 5.73 Å². The van der Waals surface area contributed by atoms with Crippen LogP contribution in [0.2, 0.25) is 0 Å². The van der Waals surface area contributed by atoms with Crippen LogP contribution >= 0.6 is 0 Å². The molecule has 17 heavy (non-hydrogen) atoms. The van der Waals surface area contributed by atoms with E-state index in [4.69, 9.17) is 10.5 Å². The molecule has 90 valence electrons. The van der Waals surface area contributed by atoms with Gasteiger partial charge in [-0.3, -0.25) is 0 Å². The van der Waals surface area contributed by atoms with E-state index in [0.717, 1.165) is 24.5 Å². The first-order valence-electron chi connectivity index (χ1n) is 5.53. The monoisotopic (exact) mass is 232 g/mol. The average Bonchev–Trinajstić information content (AvgIpc) is 2.84. The second-order valence-electron chi connectivity index (χ2n) is 3.74. The number of hydrogen-bond donors (Lipinski definition) is 1. The molecular formula is C12H16N4O. The van der Waals surface area contributed by atoms with Crippen molar-refractivity contribution in [1.29, 1.82) is 0 Å². The molecule has 1 heterocycles. The van der Waals surface area contributed by atoms with Gasteiger partial charge in [-0.05, 0) is 24.1 Å². The summed E-state index contributed by atoms with van der Waals surface area (Å²) >= 11 is 0. The highest BCUT2D eigenvalue weighted by Crippen LogP contribution is 2.12. The van der Waals surface area contributed by atoms with Crippen molar-refractivity contribution in [3.8, 4) is 5.75 Å². The first kappa shape index (κ1) is 11.6. The summed E-state index contributed by atoms with van der Waals surface area (Å²) in [6.45, 7) is 1.26. The molecule has 5 nitrogen and oxygen atoms in total. The van der Waals surface area contributed by atoms with Gasteiger partial charge in [-0.2, -0.15) is 0 Å². The first-order valence-corrected chi connectivity index (χ1v) is 5.53. The highest BCUT2D eigenvalue weighted by molar-refractivity contribution is 5.27. The number of nitrogens with zero attached hydrogens (tertiary/aromatic N) is 3. The Morgan fingerprint density at radius 1 is 1.29 bits per heavy atom. The van der Waals surface area contributed by atoms with E-state index in [0.29, 0.717) is 6.54 Å². The molecule has 1 aromatic heterocycles. The fourth-order valence-corrected chi connectivity index (χ4v) is 1.67. The van der Waals surface area contributed by atoms with Gasteiger partial charge in [0.1, 0.15) is 17.9 Å². The molecule has 0 spiro atoms. The number of aryl methyl sites for hydroxylation is 2. The van der Waals surface area contributed by atoms with Gasteiger partial charge < -0.3 is 15.0 Å². The molecule has 0 atom stereocenters. The number of nitrogens with two attached hydrogens (primary N) is 1. The highest BCUT2D eigenvalue weighted by Gasteiger charge is 2.02. The summed E-state index contributed by atoms with van der Waals surface area (Å²) in [4.78, 5) is 0. The summed E-state index contributed by atoms with van der Waals surface area (Å²) in [5.74, 6) is 1.69. The Kier molecular flexibility index (Phi) is 3.72. The molecule has 0 radical (unpaired) electrons. The average molecular weight is 232 g/mol. The SMILES string of the molecule is COc1ccc(CCn2cnnc2CN)cc1. The van der Waals surface area contributed by atoms with Crippen molar-refractivity contribution in [2.75, 3.05) is 7.11 Å². The molecule has 5 heteroatoms. The zero-order valence-electron chi connectivity index (χ0n) is 9.84. The van der Waals surface area contributed by atoms with Crippen molar-refractivity contribution in [2.45, 2.75) is 19.5 Å². The standard InChI is InChI=1S/C12H16N4O/c1-17-11-4-2-10(3-5-11)6-7-16-9-14-15-12(16)8-13/h2-5,9H,6-8,13H2,1H3. The van der Waals surface area contributed by atoms with Crippen molar-refractivity contribution < 1.29 is 4.74 Å². The minimum absolute atomic E-state index is 0.419. The lowest BCUT2D eigenvalue weighted by molar-refractivity contribution is 0.414. The van der Waals surface area contributed by atoms with Crippen LogP contribution in [0.4, 0.5) is 0 Å². The van der Waals surface area contributed by atoms with E-state index < -0.39 is 0 Å². The maximum atomic E-state index is 5.56. The molecule has 0 saturated carbocycles. The summed E-state index contributed by atoms with van der Waals surface area (Å²) in [5.41, 5.74) is 6.81. The van der Waals surface area contributed by atoms with Gasteiger partial charge in [0.05, 0.1) is 13.7 Å². The predicted molar refractivity (Wildman–Crippen MR) is 64.6 cm³/mol. The molecule has 2 rings (SSSR count). The number of hydrogen-bond acceptors (Lipinski definition) is 4. The van der Waals surface area contributed by atoms with Gasteiger partial charge in [0.25, 0.3) is 0 Å². The fourth-order valence-electron chi connectivity index (χ4n) is 1.67. The fraction of sp³-hybridized carbons (Fsp3) is 0.333. The molecule has 0 aliphatic heterocycles. The zero-order chi connectivity index (χ0) is 12.1. The number of ether oxygens (including phenoxy) is 1. The van der Waals surface area contributed by atoms with Gasteiger partial charge in [0.15, 0.2) is 0 Å². The quantitative estimate of drug-likeness (QED) is 0.834. The predicted octanol–water partition coefficient (Wildman–Crippen LogP) is 0.988. The Labute approximate surface area is 100 Å². The van der Waals surface area contributed by atoms with Crippen LogP contribution in [0.15, 0.2) is 30.6 Å². The van der Waals surface area contributed by atoms with E-state index in [9.17, 15) is 0 Å². The third-order valence-electron chi connectivity index (χ3n) is 2.68. The zero-order valence-corrected chi connectivity index (χ0v) is 9.84. The third-order valence-corrected chi connectivity index (χ3v) is 2.68. The Balaban J connectivity index is 1.97. The van der Waals surface area contributed by atoms with E-state index in [2.05, 4.69) is 22.3 Å². The van der Waals surface area contributed by atoms with E-state index in [1.807, 2.05) is 16.7 Å². The van der Waals surface area contributed by atoms with Gasteiger partial charge in [-0.1, -0.05) is 12.1 Å². The van der Waals surface area contributed by atoms with Gasteiger partial charge in [0.2, 0.25) is 0 Å². The van der Waals surface area contributed by atoms with Crippen molar-refractivity contribution >= 4 is 0 Å². The number of methoxy groups -OCH3 is 1. The lowest BCUT2D eigenvalue weighted by atomic mass is 10.1. The minimum atomic E-state index is 0.419. The van der Waals surface area contributed by atoms with Crippen LogP contribution in [0.25, 0.3) is 0 Å².